The fourth-order valence-electron chi connectivity index (χ4n) is 1.15. The minimum Gasteiger partial charge on any atom is -0.381 e. The number of hydrogen-bond donors (Lipinski definition) is 1. The second-order valence-corrected chi connectivity index (χ2v) is 4.49. The van der Waals surface area contributed by atoms with Crippen molar-refractivity contribution in [2.24, 2.45) is 5.73 Å². The molecule has 0 spiro atoms. The molecule has 0 aliphatic rings. The summed E-state index contributed by atoms with van der Waals surface area (Å²) < 4.78 is 5.40. The van der Waals surface area contributed by atoms with Gasteiger partial charge in [-0.25, -0.2) is 0 Å². The molecule has 15 heavy (non-hydrogen) atoms. The molecular weight excluding hydrogens is 210 g/mol. The molecule has 0 atom stereocenters. The minimum atomic E-state index is 0.717. The second-order valence-electron chi connectivity index (χ2n) is 3.34. The zero-order valence-electron chi connectivity index (χ0n) is 9.24. The predicted molar refractivity (Wildman–Crippen MR) is 62.1 cm³/mol. The van der Waals surface area contributed by atoms with E-state index in [0.29, 0.717) is 6.54 Å². The molecule has 86 valence electrons. The monoisotopic (exact) mass is 229 g/mol. The van der Waals surface area contributed by atoms with Gasteiger partial charge in [0.2, 0.25) is 0 Å². The second kappa shape index (κ2) is 7.73. The van der Waals surface area contributed by atoms with Gasteiger partial charge in [-0.15, -0.1) is 21.5 Å². The summed E-state index contributed by atoms with van der Waals surface area (Å²) in [6, 6.07) is 0. The molecule has 5 heteroatoms. The third-order valence-corrected chi connectivity index (χ3v) is 2.95. The van der Waals surface area contributed by atoms with Gasteiger partial charge in [0.05, 0.1) is 6.61 Å². The molecule has 0 saturated heterocycles. The average molecular weight is 229 g/mol. The molecule has 1 aromatic rings. The first-order valence-electron chi connectivity index (χ1n) is 5.46. The van der Waals surface area contributed by atoms with Gasteiger partial charge in [-0.2, -0.15) is 0 Å². The molecule has 0 unspecified atom stereocenters. The van der Waals surface area contributed by atoms with E-state index in [0.717, 1.165) is 48.9 Å². The van der Waals surface area contributed by atoms with Gasteiger partial charge >= 0.3 is 0 Å². The maximum absolute atomic E-state index is 5.43. The third kappa shape index (κ3) is 5.20. The molecule has 0 aromatic carbocycles. The van der Waals surface area contributed by atoms with Crippen molar-refractivity contribution < 1.29 is 4.74 Å². The minimum absolute atomic E-state index is 0.717. The molecule has 0 aliphatic carbocycles. The zero-order valence-corrected chi connectivity index (χ0v) is 10.1. The van der Waals surface area contributed by atoms with Crippen molar-refractivity contribution in [3.8, 4) is 0 Å². The Morgan fingerprint density at radius 2 is 1.93 bits per heavy atom. The Hall–Kier alpha value is -0.520. The van der Waals surface area contributed by atoms with Crippen LogP contribution in [0.3, 0.4) is 0 Å². The topological polar surface area (TPSA) is 61.0 Å². The molecule has 2 N–H and O–H groups in total. The van der Waals surface area contributed by atoms with Crippen LogP contribution in [0, 0.1) is 0 Å². The molecule has 1 heterocycles. The van der Waals surface area contributed by atoms with E-state index in [1.807, 2.05) is 0 Å². The summed E-state index contributed by atoms with van der Waals surface area (Å²) in [5.41, 5.74) is 5.43. The fourth-order valence-corrected chi connectivity index (χ4v) is 2.02. The number of rotatable bonds is 8. The van der Waals surface area contributed by atoms with Crippen molar-refractivity contribution in [1.29, 1.82) is 0 Å². The first-order chi connectivity index (χ1) is 7.36. The van der Waals surface area contributed by atoms with Crippen LogP contribution in [0.1, 0.15) is 29.8 Å². The number of hydrogen-bond acceptors (Lipinski definition) is 5. The Bertz CT molecular complexity index is 265. The lowest BCUT2D eigenvalue weighted by Crippen LogP contribution is -1.99. The fraction of sp³-hybridized carbons (Fsp3) is 0.800. The van der Waals surface area contributed by atoms with Crippen LogP contribution in [0.25, 0.3) is 0 Å². The summed E-state index contributed by atoms with van der Waals surface area (Å²) in [5, 5.41) is 10.4. The Kier molecular flexibility index (Phi) is 6.47. The van der Waals surface area contributed by atoms with E-state index in [9.17, 15) is 0 Å². The van der Waals surface area contributed by atoms with E-state index >= 15 is 0 Å². The van der Waals surface area contributed by atoms with Crippen LogP contribution in [-0.2, 0) is 17.6 Å². The van der Waals surface area contributed by atoms with Crippen LogP contribution < -0.4 is 5.73 Å². The van der Waals surface area contributed by atoms with E-state index in [1.165, 1.54) is 0 Å². The van der Waals surface area contributed by atoms with Crippen molar-refractivity contribution >= 4 is 11.3 Å². The lowest BCUT2D eigenvalue weighted by Gasteiger charge is -1.98. The van der Waals surface area contributed by atoms with Crippen molar-refractivity contribution in [2.45, 2.75) is 32.6 Å². The van der Waals surface area contributed by atoms with Crippen molar-refractivity contribution in [2.75, 3.05) is 19.8 Å². The Morgan fingerprint density at radius 3 is 2.60 bits per heavy atom. The van der Waals surface area contributed by atoms with Crippen molar-refractivity contribution in [3.63, 3.8) is 0 Å². The van der Waals surface area contributed by atoms with Gasteiger partial charge in [-0.05, 0) is 19.4 Å². The SMILES string of the molecule is CCCOCCc1nnc(CCCN)s1. The molecule has 0 bridgehead atoms. The predicted octanol–water partition coefficient (Wildman–Crippen LogP) is 1.40. The lowest BCUT2D eigenvalue weighted by atomic mass is 10.3. The van der Waals surface area contributed by atoms with Crippen LogP contribution in [0.5, 0.6) is 0 Å². The first-order valence-corrected chi connectivity index (χ1v) is 6.27. The highest BCUT2D eigenvalue weighted by molar-refractivity contribution is 7.11. The van der Waals surface area contributed by atoms with E-state index in [2.05, 4.69) is 17.1 Å². The van der Waals surface area contributed by atoms with Gasteiger partial charge in [-0.3, -0.25) is 0 Å². The maximum atomic E-state index is 5.43. The lowest BCUT2D eigenvalue weighted by molar-refractivity contribution is 0.138. The van der Waals surface area contributed by atoms with E-state index in [4.69, 9.17) is 10.5 Å². The molecule has 0 amide bonds. The van der Waals surface area contributed by atoms with Crippen molar-refractivity contribution in [1.82, 2.24) is 10.2 Å². The van der Waals surface area contributed by atoms with Crippen LogP contribution in [0.4, 0.5) is 0 Å². The highest BCUT2D eigenvalue weighted by atomic mass is 32.1. The number of nitrogens with zero attached hydrogens (tertiary/aromatic N) is 2. The molecule has 0 fully saturated rings. The summed E-state index contributed by atoms with van der Waals surface area (Å²) in [6.07, 6.45) is 3.88. The Morgan fingerprint density at radius 1 is 1.20 bits per heavy atom. The van der Waals surface area contributed by atoms with Gasteiger partial charge < -0.3 is 10.5 Å². The average Bonchev–Trinajstić information content (AvgIpc) is 2.69. The van der Waals surface area contributed by atoms with E-state index in [1.54, 1.807) is 11.3 Å². The molecule has 4 nitrogen and oxygen atoms in total. The summed E-state index contributed by atoms with van der Waals surface area (Å²) in [5.74, 6) is 0. The molecule has 0 saturated carbocycles. The summed E-state index contributed by atoms with van der Waals surface area (Å²) in [6.45, 7) is 4.41. The molecule has 0 aliphatic heterocycles. The van der Waals surface area contributed by atoms with Crippen LogP contribution in [-0.4, -0.2) is 30.0 Å². The molecule has 0 radical (unpaired) electrons. The van der Waals surface area contributed by atoms with Crippen LogP contribution in [0.2, 0.25) is 0 Å². The molecule has 1 aromatic heterocycles. The van der Waals surface area contributed by atoms with E-state index in [-0.39, 0.29) is 0 Å². The number of aromatic nitrogens is 2. The standard InChI is InChI=1S/C10H19N3OS/c1-2-7-14-8-5-10-13-12-9(15-10)4-3-6-11/h2-8,11H2,1H3. The third-order valence-electron chi connectivity index (χ3n) is 1.91. The Labute approximate surface area is 94.9 Å². The highest BCUT2D eigenvalue weighted by Gasteiger charge is 2.03. The van der Waals surface area contributed by atoms with Gasteiger partial charge in [0.25, 0.3) is 0 Å². The van der Waals surface area contributed by atoms with Gasteiger partial charge in [0, 0.05) is 19.4 Å². The first kappa shape index (κ1) is 12.5. The van der Waals surface area contributed by atoms with Gasteiger partial charge in [-0.1, -0.05) is 6.92 Å². The molecule has 1 rings (SSSR count). The number of aryl methyl sites for hydroxylation is 1. The zero-order chi connectivity index (χ0) is 10.9. The Balaban J connectivity index is 2.20. The molecular formula is C10H19N3OS. The highest BCUT2D eigenvalue weighted by Crippen LogP contribution is 2.11. The normalized spacial score (nSPS) is 10.8. The van der Waals surface area contributed by atoms with Crippen LogP contribution >= 0.6 is 11.3 Å². The number of ether oxygens (including phenoxy) is 1. The van der Waals surface area contributed by atoms with Gasteiger partial charge in [0.1, 0.15) is 10.0 Å². The summed E-state index contributed by atoms with van der Waals surface area (Å²) in [7, 11) is 0. The smallest absolute Gasteiger partial charge is 0.119 e. The number of nitrogens with two attached hydrogens (primary N) is 1. The summed E-state index contributed by atoms with van der Waals surface area (Å²) >= 11 is 1.67. The largest absolute Gasteiger partial charge is 0.381 e. The van der Waals surface area contributed by atoms with Gasteiger partial charge in [0.15, 0.2) is 0 Å². The maximum Gasteiger partial charge on any atom is 0.119 e. The quantitative estimate of drug-likeness (QED) is 0.684. The summed E-state index contributed by atoms with van der Waals surface area (Å²) in [4.78, 5) is 0. The van der Waals surface area contributed by atoms with E-state index < -0.39 is 0 Å². The van der Waals surface area contributed by atoms with Crippen LogP contribution in [0.15, 0.2) is 0 Å². The van der Waals surface area contributed by atoms with Crippen molar-refractivity contribution in [3.05, 3.63) is 10.0 Å².